The van der Waals surface area contributed by atoms with E-state index in [1.54, 1.807) is 7.11 Å². The summed E-state index contributed by atoms with van der Waals surface area (Å²) >= 11 is 12.1. The molecule has 0 spiro atoms. The van der Waals surface area contributed by atoms with Crippen LogP contribution in [-0.2, 0) is 17.7 Å². The molecule has 1 heterocycles. The van der Waals surface area contributed by atoms with Crippen molar-refractivity contribution in [3.63, 3.8) is 0 Å². The topological polar surface area (TPSA) is 30.5 Å². The Hall–Kier alpha value is -0.480. The van der Waals surface area contributed by atoms with Crippen LogP contribution in [0.15, 0.2) is 12.1 Å². The third kappa shape index (κ3) is 3.51. The summed E-state index contributed by atoms with van der Waals surface area (Å²) in [6.07, 6.45) is 0.935. The predicted octanol–water partition coefficient (Wildman–Crippen LogP) is 2.62. The molecule has 3 nitrogen and oxygen atoms in total. The molecule has 0 saturated heterocycles. The SMILES string of the molecule is COCC(Cl)CNCc1cc(Cl)cc2c1OCC2. The summed E-state index contributed by atoms with van der Waals surface area (Å²) in [6, 6.07) is 3.92. The Morgan fingerprint density at radius 2 is 2.33 bits per heavy atom. The molecule has 0 radical (unpaired) electrons. The second-order valence-electron chi connectivity index (χ2n) is 4.34. The van der Waals surface area contributed by atoms with Gasteiger partial charge in [0.2, 0.25) is 0 Å². The Morgan fingerprint density at radius 1 is 1.50 bits per heavy atom. The fraction of sp³-hybridized carbons (Fsp3) is 0.538. The lowest BCUT2D eigenvalue weighted by atomic mass is 10.1. The molecule has 1 unspecified atom stereocenters. The number of ether oxygens (including phenoxy) is 2. The van der Waals surface area contributed by atoms with Crippen molar-refractivity contribution in [3.05, 3.63) is 28.3 Å². The average molecular weight is 290 g/mol. The largest absolute Gasteiger partial charge is 0.493 e. The molecule has 1 aliphatic rings. The molecule has 2 rings (SSSR count). The standard InChI is InChI=1S/C13H17Cl2NO2/c1-17-8-12(15)7-16-6-10-5-11(14)4-9-2-3-18-13(9)10/h4-5,12,16H,2-3,6-8H2,1H3. The van der Waals surface area contributed by atoms with Crippen molar-refractivity contribution in [2.24, 2.45) is 0 Å². The fourth-order valence-electron chi connectivity index (χ4n) is 2.08. The minimum absolute atomic E-state index is 0.0249. The van der Waals surface area contributed by atoms with Gasteiger partial charge in [-0.25, -0.2) is 0 Å². The highest BCUT2D eigenvalue weighted by atomic mass is 35.5. The summed E-state index contributed by atoms with van der Waals surface area (Å²) in [4.78, 5) is 0. The van der Waals surface area contributed by atoms with Crippen molar-refractivity contribution in [1.29, 1.82) is 0 Å². The van der Waals surface area contributed by atoms with Crippen LogP contribution in [0.25, 0.3) is 0 Å². The number of hydrogen-bond acceptors (Lipinski definition) is 3. The molecule has 0 bridgehead atoms. The van der Waals surface area contributed by atoms with Gasteiger partial charge in [-0.05, 0) is 17.7 Å². The van der Waals surface area contributed by atoms with Gasteiger partial charge in [0.1, 0.15) is 5.75 Å². The summed E-state index contributed by atoms with van der Waals surface area (Å²) < 4.78 is 10.6. The molecule has 1 N–H and O–H groups in total. The number of hydrogen-bond donors (Lipinski definition) is 1. The number of benzene rings is 1. The molecule has 100 valence electrons. The van der Waals surface area contributed by atoms with Crippen molar-refractivity contribution in [2.45, 2.75) is 18.3 Å². The summed E-state index contributed by atoms with van der Waals surface area (Å²) in [5.74, 6) is 0.977. The van der Waals surface area contributed by atoms with Crippen LogP contribution in [0, 0.1) is 0 Å². The number of alkyl halides is 1. The lowest BCUT2D eigenvalue weighted by Gasteiger charge is -2.12. The van der Waals surface area contributed by atoms with Gasteiger partial charge in [-0.3, -0.25) is 0 Å². The van der Waals surface area contributed by atoms with E-state index in [1.807, 2.05) is 12.1 Å². The van der Waals surface area contributed by atoms with Gasteiger partial charge in [0.05, 0.1) is 18.6 Å². The molecule has 18 heavy (non-hydrogen) atoms. The van der Waals surface area contributed by atoms with Gasteiger partial charge >= 0.3 is 0 Å². The van der Waals surface area contributed by atoms with E-state index in [0.717, 1.165) is 29.4 Å². The van der Waals surface area contributed by atoms with Crippen molar-refractivity contribution in [1.82, 2.24) is 5.32 Å². The van der Waals surface area contributed by atoms with Gasteiger partial charge in [-0.1, -0.05) is 11.6 Å². The monoisotopic (exact) mass is 289 g/mol. The quantitative estimate of drug-likeness (QED) is 0.817. The van der Waals surface area contributed by atoms with E-state index in [4.69, 9.17) is 32.7 Å². The molecule has 0 fully saturated rings. The Bertz CT molecular complexity index is 412. The lowest BCUT2D eigenvalue weighted by molar-refractivity contribution is 0.197. The van der Waals surface area contributed by atoms with Crippen LogP contribution >= 0.6 is 23.2 Å². The molecule has 1 atom stereocenters. The molecule has 1 aromatic carbocycles. The maximum atomic E-state index is 6.09. The first-order valence-corrected chi connectivity index (χ1v) is 6.80. The number of methoxy groups -OCH3 is 1. The van der Waals surface area contributed by atoms with Crippen LogP contribution in [0.2, 0.25) is 5.02 Å². The normalized spacial score (nSPS) is 15.3. The van der Waals surface area contributed by atoms with Crippen LogP contribution in [0.4, 0.5) is 0 Å². The van der Waals surface area contributed by atoms with E-state index in [9.17, 15) is 0 Å². The van der Waals surface area contributed by atoms with E-state index in [-0.39, 0.29) is 5.38 Å². The Balaban J connectivity index is 1.93. The minimum Gasteiger partial charge on any atom is -0.493 e. The molecule has 0 saturated carbocycles. The van der Waals surface area contributed by atoms with Gasteiger partial charge in [0.25, 0.3) is 0 Å². The molecular weight excluding hydrogens is 273 g/mol. The van der Waals surface area contributed by atoms with Gasteiger partial charge in [0.15, 0.2) is 0 Å². The molecule has 0 amide bonds. The number of nitrogens with one attached hydrogen (secondary N) is 1. The molecule has 0 aliphatic carbocycles. The molecule has 1 aromatic rings. The van der Waals surface area contributed by atoms with E-state index in [0.29, 0.717) is 19.7 Å². The fourth-order valence-corrected chi connectivity index (χ4v) is 2.58. The molecule has 1 aliphatic heterocycles. The maximum Gasteiger partial charge on any atom is 0.127 e. The highest BCUT2D eigenvalue weighted by Crippen LogP contribution is 2.32. The van der Waals surface area contributed by atoms with E-state index in [1.165, 1.54) is 5.56 Å². The molecule has 5 heteroatoms. The van der Waals surface area contributed by atoms with Crippen LogP contribution in [0.3, 0.4) is 0 Å². The minimum atomic E-state index is -0.0249. The van der Waals surface area contributed by atoms with Crippen molar-refractivity contribution in [2.75, 3.05) is 26.9 Å². The first-order valence-electron chi connectivity index (χ1n) is 5.98. The van der Waals surface area contributed by atoms with E-state index in [2.05, 4.69) is 5.32 Å². The molecule has 0 aromatic heterocycles. The third-order valence-corrected chi connectivity index (χ3v) is 3.35. The van der Waals surface area contributed by atoms with Crippen LogP contribution in [0.5, 0.6) is 5.75 Å². The number of halogens is 2. The summed E-state index contributed by atoms with van der Waals surface area (Å²) in [5, 5.41) is 4.03. The van der Waals surface area contributed by atoms with E-state index >= 15 is 0 Å². The second kappa shape index (κ2) is 6.62. The third-order valence-electron chi connectivity index (χ3n) is 2.85. The average Bonchev–Trinajstić information content (AvgIpc) is 2.77. The summed E-state index contributed by atoms with van der Waals surface area (Å²) in [5.41, 5.74) is 2.29. The summed E-state index contributed by atoms with van der Waals surface area (Å²) in [6.45, 7) is 2.68. The first kappa shape index (κ1) is 13.9. The first-order chi connectivity index (χ1) is 8.70. The zero-order valence-corrected chi connectivity index (χ0v) is 11.9. The highest BCUT2D eigenvalue weighted by molar-refractivity contribution is 6.30. The highest BCUT2D eigenvalue weighted by Gasteiger charge is 2.17. The molecular formula is C13H17Cl2NO2. The van der Waals surface area contributed by atoms with Gasteiger partial charge in [0, 0.05) is 37.2 Å². The van der Waals surface area contributed by atoms with Gasteiger partial charge in [-0.15, -0.1) is 11.6 Å². The van der Waals surface area contributed by atoms with Crippen LogP contribution in [0.1, 0.15) is 11.1 Å². The van der Waals surface area contributed by atoms with Crippen LogP contribution in [-0.4, -0.2) is 32.2 Å². The second-order valence-corrected chi connectivity index (χ2v) is 5.39. The maximum absolute atomic E-state index is 6.09. The predicted molar refractivity (Wildman–Crippen MR) is 73.9 cm³/mol. The Kier molecular flexibility index (Phi) is 5.13. The smallest absolute Gasteiger partial charge is 0.127 e. The van der Waals surface area contributed by atoms with Crippen molar-refractivity contribution >= 4 is 23.2 Å². The van der Waals surface area contributed by atoms with Gasteiger partial charge in [-0.2, -0.15) is 0 Å². The Morgan fingerprint density at radius 3 is 3.11 bits per heavy atom. The van der Waals surface area contributed by atoms with Crippen molar-refractivity contribution < 1.29 is 9.47 Å². The van der Waals surface area contributed by atoms with Crippen LogP contribution < -0.4 is 10.1 Å². The lowest BCUT2D eigenvalue weighted by Crippen LogP contribution is -2.26. The Labute approximate surface area is 117 Å². The summed E-state index contributed by atoms with van der Waals surface area (Å²) in [7, 11) is 1.65. The number of rotatable bonds is 6. The zero-order valence-electron chi connectivity index (χ0n) is 10.3. The number of fused-ring (bicyclic) bond motifs is 1. The van der Waals surface area contributed by atoms with Crippen molar-refractivity contribution in [3.8, 4) is 5.75 Å². The van der Waals surface area contributed by atoms with Gasteiger partial charge < -0.3 is 14.8 Å². The van der Waals surface area contributed by atoms with E-state index < -0.39 is 0 Å². The zero-order chi connectivity index (χ0) is 13.0.